The maximum absolute atomic E-state index is 12.3. The van der Waals surface area contributed by atoms with E-state index in [-0.39, 0.29) is 36.8 Å². The Balaban J connectivity index is 0.00000264. The molecule has 4 nitrogen and oxygen atoms in total. The Morgan fingerprint density at radius 1 is 1.25 bits per heavy atom. The summed E-state index contributed by atoms with van der Waals surface area (Å²) in [6.07, 6.45) is 5.84. The number of halogens is 2. The molecule has 2 fully saturated rings. The van der Waals surface area contributed by atoms with E-state index in [1.807, 2.05) is 0 Å². The Morgan fingerprint density at radius 2 is 2.00 bits per heavy atom. The van der Waals surface area contributed by atoms with Crippen LogP contribution in [0.5, 0.6) is 0 Å². The van der Waals surface area contributed by atoms with Crippen molar-refractivity contribution in [3.63, 3.8) is 0 Å². The van der Waals surface area contributed by atoms with Crippen molar-refractivity contribution >= 4 is 30.7 Å². The van der Waals surface area contributed by atoms with E-state index in [2.05, 4.69) is 36.3 Å². The molecule has 0 aromatic rings. The van der Waals surface area contributed by atoms with Crippen molar-refractivity contribution in [1.82, 2.24) is 15.5 Å². The molecule has 0 radical (unpaired) electrons. The Hall–Kier alpha value is -0.0300. The quantitative estimate of drug-likeness (QED) is 0.742. The van der Waals surface area contributed by atoms with Gasteiger partial charge < -0.3 is 15.5 Å². The van der Waals surface area contributed by atoms with Gasteiger partial charge in [0, 0.05) is 25.6 Å². The molecule has 2 aliphatic heterocycles. The van der Waals surface area contributed by atoms with Gasteiger partial charge in [0.15, 0.2) is 0 Å². The zero-order valence-corrected chi connectivity index (χ0v) is 17.2. The SMILES string of the molecule is CC1CCCN(CC(C)NC(=O)CC(C)C2CCCNC2)C1.Cl.Cl. The van der Waals surface area contributed by atoms with Gasteiger partial charge in [0.2, 0.25) is 5.91 Å². The highest BCUT2D eigenvalue weighted by atomic mass is 35.5. The first-order valence-electron chi connectivity index (χ1n) is 9.27. The van der Waals surface area contributed by atoms with Gasteiger partial charge in [-0.3, -0.25) is 4.79 Å². The van der Waals surface area contributed by atoms with E-state index in [0.29, 0.717) is 18.3 Å². The molecule has 2 N–H and O–H groups in total. The highest BCUT2D eigenvalue weighted by molar-refractivity contribution is 5.85. The Labute approximate surface area is 160 Å². The van der Waals surface area contributed by atoms with Crippen LogP contribution in [0, 0.1) is 17.8 Å². The summed E-state index contributed by atoms with van der Waals surface area (Å²) in [6.45, 7) is 12.3. The lowest BCUT2D eigenvalue weighted by molar-refractivity contribution is -0.123. The predicted octanol–water partition coefficient (Wildman–Crippen LogP) is 3.09. The molecule has 2 heterocycles. The summed E-state index contributed by atoms with van der Waals surface area (Å²) in [5.74, 6) is 2.18. The summed E-state index contributed by atoms with van der Waals surface area (Å²) in [5.41, 5.74) is 0. The van der Waals surface area contributed by atoms with E-state index in [4.69, 9.17) is 0 Å². The van der Waals surface area contributed by atoms with Crippen molar-refractivity contribution < 1.29 is 4.79 Å². The third-order valence-corrected chi connectivity index (χ3v) is 5.33. The van der Waals surface area contributed by atoms with Gasteiger partial charge in [0.25, 0.3) is 0 Å². The van der Waals surface area contributed by atoms with Crippen molar-refractivity contribution in [2.75, 3.05) is 32.7 Å². The summed E-state index contributed by atoms with van der Waals surface area (Å²) in [5, 5.41) is 6.66. The molecule has 6 heteroatoms. The van der Waals surface area contributed by atoms with E-state index in [1.54, 1.807) is 0 Å². The smallest absolute Gasteiger partial charge is 0.220 e. The van der Waals surface area contributed by atoms with Crippen LogP contribution < -0.4 is 10.6 Å². The average Bonchev–Trinajstić information content (AvgIpc) is 2.47. The van der Waals surface area contributed by atoms with Gasteiger partial charge in [0.05, 0.1) is 0 Å². The minimum atomic E-state index is 0. The van der Waals surface area contributed by atoms with Crippen LogP contribution in [0.4, 0.5) is 0 Å². The highest BCUT2D eigenvalue weighted by Crippen LogP contribution is 2.22. The van der Waals surface area contributed by atoms with Crippen molar-refractivity contribution in [3.05, 3.63) is 0 Å². The molecule has 1 amide bonds. The lowest BCUT2D eigenvalue weighted by Crippen LogP contribution is -2.45. The molecule has 0 aromatic heterocycles. The molecule has 0 bridgehead atoms. The van der Waals surface area contributed by atoms with Crippen LogP contribution in [0.25, 0.3) is 0 Å². The Kier molecular flexibility index (Phi) is 12.3. The number of carbonyl (C=O) groups is 1. The largest absolute Gasteiger partial charge is 0.352 e. The Bertz CT molecular complexity index is 351. The second kappa shape index (κ2) is 12.3. The van der Waals surface area contributed by atoms with Crippen LogP contribution in [0.15, 0.2) is 0 Å². The minimum Gasteiger partial charge on any atom is -0.352 e. The molecule has 0 aliphatic carbocycles. The zero-order chi connectivity index (χ0) is 15.9. The standard InChI is InChI=1S/C18H35N3O.2ClH/c1-14-6-5-9-21(12-14)13-16(3)20-18(22)10-15(2)17-7-4-8-19-11-17;;/h14-17,19H,4-13H2,1-3H3,(H,20,22);2*1H. The van der Waals surface area contributed by atoms with Crippen LogP contribution in [-0.2, 0) is 4.79 Å². The van der Waals surface area contributed by atoms with Crippen molar-refractivity contribution in [3.8, 4) is 0 Å². The van der Waals surface area contributed by atoms with Gasteiger partial charge in [-0.2, -0.15) is 0 Å². The number of nitrogens with one attached hydrogen (secondary N) is 2. The fourth-order valence-corrected chi connectivity index (χ4v) is 4.04. The monoisotopic (exact) mass is 381 g/mol. The molecule has 4 atom stereocenters. The van der Waals surface area contributed by atoms with E-state index >= 15 is 0 Å². The van der Waals surface area contributed by atoms with Crippen molar-refractivity contribution in [2.24, 2.45) is 17.8 Å². The normalized spacial score (nSPS) is 27.3. The highest BCUT2D eigenvalue weighted by Gasteiger charge is 2.23. The molecule has 2 rings (SSSR count). The number of hydrogen-bond donors (Lipinski definition) is 2. The zero-order valence-electron chi connectivity index (χ0n) is 15.6. The molecule has 4 unspecified atom stereocenters. The minimum absolute atomic E-state index is 0. The van der Waals surface area contributed by atoms with Crippen LogP contribution in [0.2, 0.25) is 0 Å². The second-order valence-corrected chi connectivity index (χ2v) is 7.76. The van der Waals surface area contributed by atoms with Crippen LogP contribution >= 0.6 is 24.8 Å². The van der Waals surface area contributed by atoms with Gasteiger partial charge in [-0.15, -0.1) is 24.8 Å². The fraction of sp³-hybridized carbons (Fsp3) is 0.944. The summed E-state index contributed by atoms with van der Waals surface area (Å²) >= 11 is 0. The van der Waals surface area contributed by atoms with E-state index in [0.717, 1.165) is 25.6 Å². The maximum atomic E-state index is 12.3. The first-order valence-corrected chi connectivity index (χ1v) is 9.27. The summed E-state index contributed by atoms with van der Waals surface area (Å²) in [4.78, 5) is 14.8. The van der Waals surface area contributed by atoms with Crippen LogP contribution in [0.1, 0.15) is 52.9 Å². The molecule has 24 heavy (non-hydrogen) atoms. The lowest BCUT2D eigenvalue weighted by atomic mass is 9.85. The molecular weight excluding hydrogens is 345 g/mol. The van der Waals surface area contributed by atoms with Crippen LogP contribution in [-0.4, -0.2) is 49.6 Å². The first-order chi connectivity index (χ1) is 10.5. The number of nitrogens with zero attached hydrogens (tertiary/aromatic N) is 1. The number of amides is 1. The molecule has 0 aromatic carbocycles. The maximum Gasteiger partial charge on any atom is 0.220 e. The van der Waals surface area contributed by atoms with Gasteiger partial charge in [0.1, 0.15) is 0 Å². The van der Waals surface area contributed by atoms with Gasteiger partial charge in [-0.25, -0.2) is 0 Å². The molecule has 0 spiro atoms. The van der Waals surface area contributed by atoms with E-state index < -0.39 is 0 Å². The molecular formula is C18H37Cl2N3O. The third-order valence-electron chi connectivity index (χ3n) is 5.33. The third kappa shape index (κ3) is 8.37. The number of carbonyl (C=O) groups excluding carboxylic acids is 1. The van der Waals surface area contributed by atoms with Crippen LogP contribution in [0.3, 0.4) is 0 Å². The summed E-state index contributed by atoms with van der Waals surface area (Å²) in [6, 6.07) is 0.259. The van der Waals surface area contributed by atoms with Gasteiger partial charge in [-0.05, 0) is 70.0 Å². The Morgan fingerprint density at radius 3 is 2.62 bits per heavy atom. The van der Waals surface area contributed by atoms with E-state index in [1.165, 1.54) is 38.8 Å². The predicted molar refractivity (Wildman–Crippen MR) is 106 cm³/mol. The van der Waals surface area contributed by atoms with Crippen molar-refractivity contribution in [2.45, 2.75) is 58.9 Å². The van der Waals surface area contributed by atoms with Crippen molar-refractivity contribution in [1.29, 1.82) is 0 Å². The topological polar surface area (TPSA) is 44.4 Å². The number of hydrogen-bond acceptors (Lipinski definition) is 3. The lowest BCUT2D eigenvalue weighted by Gasteiger charge is -2.33. The summed E-state index contributed by atoms with van der Waals surface area (Å²) in [7, 11) is 0. The fourth-order valence-electron chi connectivity index (χ4n) is 4.04. The number of likely N-dealkylation sites (tertiary alicyclic amines) is 1. The molecule has 144 valence electrons. The average molecular weight is 382 g/mol. The first kappa shape index (κ1) is 24.0. The molecule has 2 aliphatic rings. The molecule has 0 saturated carbocycles. The molecule has 2 saturated heterocycles. The summed E-state index contributed by atoms with van der Waals surface area (Å²) < 4.78 is 0. The van der Waals surface area contributed by atoms with Gasteiger partial charge >= 0.3 is 0 Å². The van der Waals surface area contributed by atoms with Gasteiger partial charge in [-0.1, -0.05) is 13.8 Å². The second-order valence-electron chi connectivity index (χ2n) is 7.76. The van der Waals surface area contributed by atoms with E-state index in [9.17, 15) is 4.79 Å². The number of piperidine rings is 2. The number of rotatable bonds is 6.